The lowest BCUT2D eigenvalue weighted by atomic mass is 10.2. The third-order valence-corrected chi connectivity index (χ3v) is 7.89. The first-order chi connectivity index (χ1) is 20.7. The van der Waals surface area contributed by atoms with Gasteiger partial charge in [-0.3, -0.25) is 9.59 Å². The maximum atomic E-state index is 13.4. The minimum Gasteiger partial charge on any atom is -0.399 e. The van der Waals surface area contributed by atoms with E-state index in [0.717, 1.165) is 66.7 Å². The van der Waals surface area contributed by atoms with Crippen molar-refractivity contribution in [1.82, 2.24) is 0 Å². The number of hydrogen-bond acceptors (Lipinski definition) is 7. The Morgan fingerprint density at radius 1 is 0.574 bits per heavy atom. The van der Waals surface area contributed by atoms with Gasteiger partial charge in [-0.2, -0.15) is 0 Å². The monoisotopic (exact) mass is 766 g/mol. The average molecular weight is 768 g/mol. The van der Waals surface area contributed by atoms with E-state index in [2.05, 4.69) is 5.32 Å². The SMILES string of the molecule is C.C.Nc1ccc(F)c(F)c1.O=C(Cl)c1ccc(F)c(S(=O)(=O)Cl)c1.O=C(Nc1ccc(F)c(F)c1)c1ccc(F)c(S(=O)(=O)Cl)c1. The Hall–Kier alpha value is -3.83. The molecule has 0 bridgehead atoms. The molecule has 0 fully saturated rings. The van der Waals surface area contributed by atoms with Crippen LogP contribution in [0.1, 0.15) is 35.6 Å². The zero-order chi connectivity index (χ0) is 34.3. The molecule has 0 heterocycles. The number of carbonyl (C=O) groups excluding carboxylic acids is 2. The highest BCUT2D eigenvalue weighted by molar-refractivity contribution is 8.14. The first-order valence-electron chi connectivity index (χ1n) is 11.4. The summed E-state index contributed by atoms with van der Waals surface area (Å²) in [5.41, 5.74) is 4.95. The van der Waals surface area contributed by atoms with Gasteiger partial charge in [0.05, 0.1) is 0 Å². The standard InChI is InChI=1S/C13H7ClF3NO3S.C7H3Cl2FO3S.C6H5F2N.2CH4/c14-22(20,21)12-5-7(1-3-10(12)16)13(19)18-8-2-4-9(15)11(17)6-8;8-7(11)4-1-2-5(10)6(3-4)14(9,12)13;7-5-2-1-4(9)3-6(5)8;;/h1-6H,(H,18,19);1-3H;1-3H,9H2;2*1H4. The maximum absolute atomic E-state index is 13.4. The molecule has 0 aliphatic heterocycles. The van der Waals surface area contributed by atoms with Gasteiger partial charge in [-0.15, -0.1) is 0 Å². The van der Waals surface area contributed by atoms with Crippen LogP contribution in [0, 0.1) is 34.9 Å². The first kappa shape index (κ1) is 43.2. The summed E-state index contributed by atoms with van der Waals surface area (Å²) in [7, 11) is 1.40. The van der Waals surface area contributed by atoms with Gasteiger partial charge in [-0.05, 0) is 78.3 Å². The maximum Gasteiger partial charge on any atom is 0.264 e. The summed E-state index contributed by atoms with van der Waals surface area (Å²) in [4.78, 5) is 20.9. The van der Waals surface area contributed by atoms with E-state index in [-0.39, 0.29) is 37.4 Å². The molecule has 3 N–H and O–H groups in total. The van der Waals surface area contributed by atoms with Crippen LogP contribution in [0.5, 0.6) is 0 Å². The highest BCUT2D eigenvalue weighted by Gasteiger charge is 2.20. The molecule has 19 heteroatoms. The van der Waals surface area contributed by atoms with E-state index in [4.69, 9.17) is 38.7 Å². The van der Waals surface area contributed by atoms with Gasteiger partial charge in [0, 0.05) is 49.9 Å². The summed E-state index contributed by atoms with van der Waals surface area (Å²) in [6.45, 7) is 0. The number of nitrogens with one attached hydrogen (secondary N) is 1. The fraction of sp³-hybridized carbons (Fsp3) is 0.0714. The third kappa shape index (κ3) is 13.1. The molecule has 4 rings (SSSR count). The van der Waals surface area contributed by atoms with Gasteiger partial charge in [0.25, 0.3) is 29.3 Å². The van der Waals surface area contributed by atoms with Crippen molar-refractivity contribution < 1.29 is 52.8 Å². The Labute approximate surface area is 279 Å². The van der Waals surface area contributed by atoms with Crippen molar-refractivity contribution in [2.24, 2.45) is 0 Å². The zero-order valence-electron chi connectivity index (χ0n) is 21.7. The lowest BCUT2D eigenvalue weighted by Gasteiger charge is -2.07. The average Bonchev–Trinajstić information content (AvgIpc) is 2.93. The van der Waals surface area contributed by atoms with Gasteiger partial charge in [0.1, 0.15) is 21.4 Å². The summed E-state index contributed by atoms with van der Waals surface area (Å²) in [5, 5.41) is 1.34. The van der Waals surface area contributed by atoms with Crippen molar-refractivity contribution in [3.8, 4) is 0 Å². The van der Waals surface area contributed by atoms with Gasteiger partial charge >= 0.3 is 0 Å². The number of hydrogen-bond donors (Lipinski definition) is 2. The molecule has 0 unspecified atom stereocenters. The summed E-state index contributed by atoms with van der Waals surface area (Å²) in [6, 6.07) is 11.1. The molecular weight excluding hydrogens is 745 g/mol. The van der Waals surface area contributed by atoms with Crippen LogP contribution < -0.4 is 11.1 Å². The van der Waals surface area contributed by atoms with Crippen molar-refractivity contribution in [2.75, 3.05) is 11.1 Å². The molecule has 0 saturated heterocycles. The van der Waals surface area contributed by atoms with Crippen LogP contribution in [0.15, 0.2) is 82.6 Å². The Kier molecular flexibility index (Phi) is 16.5. The molecule has 1 amide bonds. The predicted octanol–water partition coefficient (Wildman–Crippen LogP) is 8.24. The summed E-state index contributed by atoms with van der Waals surface area (Å²) in [5.74, 6) is -7.01. The minimum atomic E-state index is -4.37. The Morgan fingerprint density at radius 3 is 1.38 bits per heavy atom. The molecule has 0 aliphatic rings. The van der Waals surface area contributed by atoms with Gasteiger partial charge in [0.15, 0.2) is 23.3 Å². The fourth-order valence-electron chi connectivity index (χ4n) is 2.93. The number of anilines is 2. The normalized spacial score (nSPS) is 10.5. The molecule has 8 nitrogen and oxygen atoms in total. The van der Waals surface area contributed by atoms with Crippen molar-refractivity contribution in [3.63, 3.8) is 0 Å². The topological polar surface area (TPSA) is 140 Å². The van der Waals surface area contributed by atoms with E-state index in [1.165, 1.54) is 6.07 Å². The summed E-state index contributed by atoms with van der Waals surface area (Å²) < 4.78 is 120. The van der Waals surface area contributed by atoms with Crippen molar-refractivity contribution >= 4 is 73.6 Å². The third-order valence-electron chi connectivity index (χ3n) is 5.00. The van der Waals surface area contributed by atoms with Crippen LogP contribution in [0.3, 0.4) is 0 Å². The molecule has 0 aromatic heterocycles. The van der Waals surface area contributed by atoms with E-state index < -0.39 is 73.9 Å². The molecule has 47 heavy (non-hydrogen) atoms. The smallest absolute Gasteiger partial charge is 0.264 e. The number of halogens is 9. The highest BCUT2D eigenvalue weighted by atomic mass is 35.7. The van der Waals surface area contributed by atoms with Gasteiger partial charge in [-0.1, -0.05) is 14.9 Å². The molecule has 0 atom stereocenters. The quantitative estimate of drug-likeness (QED) is 0.118. The fourth-order valence-corrected chi connectivity index (χ4v) is 4.90. The van der Waals surface area contributed by atoms with E-state index in [1.807, 2.05) is 0 Å². The van der Waals surface area contributed by atoms with Crippen molar-refractivity contribution in [3.05, 3.63) is 119 Å². The van der Waals surface area contributed by atoms with Crippen LogP contribution in [-0.2, 0) is 18.1 Å². The number of benzene rings is 4. The van der Waals surface area contributed by atoms with Gasteiger partial charge < -0.3 is 11.1 Å². The Bertz CT molecular complexity index is 1990. The van der Waals surface area contributed by atoms with E-state index in [1.54, 1.807) is 0 Å². The predicted molar refractivity (Wildman–Crippen MR) is 168 cm³/mol. The lowest BCUT2D eigenvalue weighted by Crippen LogP contribution is -2.13. The number of nitrogen functional groups attached to an aromatic ring is 1. The summed E-state index contributed by atoms with van der Waals surface area (Å²) >= 11 is 5.08. The molecule has 4 aromatic carbocycles. The second-order valence-electron chi connectivity index (χ2n) is 8.20. The number of amides is 1. The molecule has 0 radical (unpaired) electrons. The highest BCUT2D eigenvalue weighted by Crippen LogP contribution is 2.22. The van der Waals surface area contributed by atoms with E-state index in [9.17, 15) is 52.8 Å². The number of nitrogens with two attached hydrogens (primary N) is 1. The molecule has 0 spiro atoms. The van der Waals surface area contributed by atoms with Gasteiger partial charge in [0.2, 0.25) is 0 Å². The molecule has 0 aliphatic carbocycles. The molecule has 4 aromatic rings. The number of carbonyl (C=O) groups is 2. The molecular formula is C28H23Cl3F6N2O6S2. The van der Waals surface area contributed by atoms with E-state index in [0.29, 0.717) is 0 Å². The minimum absolute atomic E-state index is 0. The van der Waals surface area contributed by atoms with Gasteiger partial charge in [-0.25, -0.2) is 43.2 Å². The van der Waals surface area contributed by atoms with Crippen LogP contribution in [0.2, 0.25) is 0 Å². The molecule has 0 saturated carbocycles. The van der Waals surface area contributed by atoms with Crippen LogP contribution in [0.4, 0.5) is 37.7 Å². The second-order valence-corrected chi connectivity index (χ2v) is 13.6. The lowest BCUT2D eigenvalue weighted by molar-refractivity contribution is 0.102. The van der Waals surface area contributed by atoms with Crippen molar-refractivity contribution in [1.29, 1.82) is 0 Å². The Balaban J connectivity index is 0.000000727. The van der Waals surface area contributed by atoms with Crippen LogP contribution in [-0.4, -0.2) is 28.0 Å². The van der Waals surface area contributed by atoms with E-state index >= 15 is 0 Å². The first-order valence-corrected chi connectivity index (χ1v) is 16.4. The second kappa shape index (κ2) is 17.9. The summed E-state index contributed by atoms with van der Waals surface area (Å²) in [6.07, 6.45) is 0. The zero-order valence-corrected chi connectivity index (χ0v) is 25.6. The van der Waals surface area contributed by atoms with Crippen molar-refractivity contribution in [2.45, 2.75) is 24.6 Å². The number of rotatable bonds is 5. The van der Waals surface area contributed by atoms with Crippen LogP contribution >= 0.6 is 33.0 Å². The molecule has 256 valence electrons. The Morgan fingerprint density at radius 2 is 0.979 bits per heavy atom. The van der Waals surface area contributed by atoms with Crippen LogP contribution in [0.25, 0.3) is 0 Å². The largest absolute Gasteiger partial charge is 0.399 e.